The van der Waals surface area contributed by atoms with Crippen LogP contribution in [0.25, 0.3) is 22.4 Å². The van der Waals surface area contributed by atoms with Gasteiger partial charge in [-0.25, -0.2) is 9.78 Å². The summed E-state index contributed by atoms with van der Waals surface area (Å²) in [5.74, 6) is 0.0394. The van der Waals surface area contributed by atoms with Crippen LogP contribution in [-0.4, -0.2) is 68.3 Å². The number of nitrogens with zero attached hydrogens (tertiary/aromatic N) is 4. The van der Waals surface area contributed by atoms with Crippen LogP contribution >= 0.6 is 11.6 Å². The number of aliphatic hydroxyl groups excluding tert-OH is 1. The summed E-state index contributed by atoms with van der Waals surface area (Å²) in [4.78, 5) is 58.0. The molecule has 1 unspecified atom stereocenters. The second kappa shape index (κ2) is 13.2. The number of amides is 2. The van der Waals surface area contributed by atoms with E-state index in [4.69, 9.17) is 21.3 Å². The minimum absolute atomic E-state index is 0.0535. The van der Waals surface area contributed by atoms with E-state index in [1.165, 1.54) is 18.8 Å². The third-order valence-electron chi connectivity index (χ3n) is 10.5. The van der Waals surface area contributed by atoms with E-state index >= 15 is 0 Å². The Bertz CT molecular complexity index is 2160. The molecular weight excluding hydrogens is 660 g/mol. The zero-order chi connectivity index (χ0) is 35.3. The van der Waals surface area contributed by atoms with Crippen LogP contribution in [0.4, 0.5) is 5.69 Å². The first kappa shape index (κ1) is 33.7. The first-order valence-electron chi connectivity index (χ1n) is 16.8. The van der Waals surface area contributed by atoms with Gasteiger partial charge in [-0.15, -0.1) is 0 Å². The highest BCUT2D eigenvalue weighted by molar-refractivity contribution is 6.36. The highest BCUT2D eigenvalue weighted by Crippen LogP contribution is 2.47. The van der Waals surface area contributed by atoms with E-state index in [1.54, 1.807) is 19.2 Å². The summed E-state index contributed by atoms with van der Waals surface area (Å²) < 4.78 is 7.88. The Morgan fingerprint density at radius 3 is 2.62 bits per heavy atom. The Kier molecular flexibility index (Phi) is 8.87. The zero-order valence-electron chi connectivity index (χ0n) is 28.2. The molecular formula is C37H39ClN6O6. The number of pyridine rings is 1. The summed E-state index contributed by atoms with van der Waals surface area (Å²) in [5, 5.41) is 15.9. The van der Waals surface area contributed by atoms with E-state index in [0.29, 0.717) is 28.7 Å². The monoisotopic (exact) mass is 698 g/mol. The summed E-state index contributed by atoms with van der Waals surface area (Å²) in [5.41, 5.74) is 4.73. The number of aromatic nitrogens is 3. The number of nitrogens with one attached hydrogen (secondary N) is 2. The molecule has 0 bridgehead atoms. The average molecular weight is 699 g/mol. The van der Waals surface area contributed by atoms with Crippen LogP contribution in [0.2, 0.25) is 5.02 Å². The quantitative estimate of drug-likeness (QED) is 0.252. The number of ether oxygens (including phenoxy) is 1. The minimum atomic E-state index is -0.735. The van der Waals surface area contributed by atoms with E-state index < -0.39 is 17.2 Å². The van der Waals surface area contributed by atoms with Gasteiger partial charge in [-0.05, 0) is 61.4 Å². The lowest BCUT2D eigenvalue weighted by molar-refractivity contribution is -0.119. The number of aliphatic hydroxyl groups is 1. The molecule has 2 saturated heterocycles. The lowest BCUT2D eigenvalue weighted by Gasteiger charge is -2.28. The SMILES string of the molecule is COc1nc(-c2cccc(-c3cccc(NC(=O)c4cn(CCO)c(=O)n(C)c4=O)c3C)c2Cl)cc2c1[C@@H](N1CCC3(CCC(=O)N3)C1)CC2. The van der Waals surface area contributed by atoms with Crippen molar-refractivity contribution in [3.05, 3.63) is 96.8 Å². The number of carbonyl (C=O) groups excluding carboxylic acids is 2. The third kappa shape index (κ3) is 5.80. The second-order valence-corrected chi connectivity index (χ2v) is 13.8. The van der Waals surface area contributed by atoms with Crippen molar-refractivity contribution >= 4 is 29.1 Å². The standard InChI is InChI=1S/C37H39ClN6O6/c1-21-23(6-5-9-27(21)39-33(47)26-19-43(16-17-45)36(49)42(2)35(26)48)24-7-4-8-25(32(24)38)28-18-22-10-11-29(31(22)34(40-28)50-3)44-15-14-37(20-44)13-12-30(46)41-37/h4-9,18-19,29,45H,10-17,20H2,1-3H3,(H,39,47)(H,41,46)/t29-,37?/m0/s1. The van der Waals surface area contributed by atoms with Gasteiger partial charge in [0.2, 0.25) is 11.8 Å². The third-order valence-corrected chi connectivity index (χ3v) is 10.9. The summed E-state index contributed by atoms with van der Waals surface area (Å²) in [6.07, 6.45) is 5.41. The fraction of sp³-hybridized carbons (Fsp3) is 0.378. The number of likely N-dealkylation sites (tertiary alicyclic amines) is 1. The number of halogens is 1. The van der Waals surface area contributed by atoms with Crippen molar-refractivity contribution in [3.8, 4) is 28.3 Å². The molecule has 50 heavy (non-hydrogen) atoms. The van der Waals surface area contributed by atoms with Crippen molar-refractivity contribution in [3.63, 3.8) is 0 Å². The maximum absolute atomic E-state index is 13.3. The summed E-state index contributed by atoms with van der Waals surface area (Å²) >= 11 is 7.16. The number of aryl methyl sites for hydroxylation is 1. The second-order valence-electron chi connectivity index (χ2n) is 13.4. The Morgan fingerprint density at radius 1 is 1.12 bits per heavy atom. The van der Waals surface area contributed by atoms with Gasteiger partial charge in [0.05, 0.1) is 36.5 Å². The van der Waals surface area contributed by atoms with Crippen LogP contribution < -0.4 is 26.6 Å². The predicted octanol–water partition coefficient (Wildman–Crippen LogP) is 3.83. The summed E-state index contributed by atoms with van der Waals surface area (Å²) in [6.45, 7) is 3.22. The van der Waals surface area contributed by atoms with Crippen molar-refractivity contribution < 1.29 is 19.4 Å². The highest BCUT2D eigenvalue weighted by Gasteiger charge is 2.46. The normalized spacial score (nSPS) is 19.9. The van der Waals surface area contributed by atoms with Crippen LogP contribution in [0.15, 0.2) is 58.3 Å². The lowest BCUT2D eigenvalue weighted by Crippen LogP contribution is -2.44. The van der Waals surface area contributed by atoms with Crippen LogP contribution in [0.5, 0.6) is 5.88 Å². The maximum Gasteiger partial charge on any atom is 0.330 e. The Balaban J connectivity index is 1.18. The fourth-order valence-electron chi connectivity index (χ4n) is 7.83. The fourth-order valence-corrected chi connectivity index (χ4v) is 8.16. The highest BCUT2D eigenvalue weighted by atomic mass is 35.5. The predicted molar refractivity (Wildman–Crippen MR) is 190 cm³/mol. The van der Waals surface area contributed by atoms with Gasteiger partial charge in [0.1, 0.15) is 5.56 Å². The number of carbonyl (C=O) groups is 2. The summed E-state index contributed by atoms with van der Waals surface area (Å²) in [6, 6.07) is 13.5. The van der Waals surface area contributed by atoms with Crippen molar-refractivity contribution in [1.82, 2.24) is 24.3 Å². The molecule has 4 heterocycles. The molecule has 13 heteroatoms. The molecule has 3 N–H and O–H groups in total. The summed E-state index contributed by atoms with van der Waals surface area (Å²) in [7, 11) is 2.93. The molecule has 7 rings (SSSR count). The van der Waals surface area contributed by atoms with Crippen molar-refractivity contribution in [2.45, 2.75) is 57.2 Å². The van der Waals surface area contributed by atoms with E-state index in [9.17, 15) is 24.3 Å². The molecule has 1 aliphatic carbocycles. The topological polar surface area (TPSA) is 148 Å². The van der Waals surface area contributed by atoms with Gasteiger partial charge in [-0.3, -0.25) is 28.4 Å². The molecule has 1 spiro atoms. The van der Waals surface area contributed by atoms with Gasteiger partial charge in [0, 0.05) is 61.2 Å². The molecule has 2 aliphatic heterocycles. The number of hydrogen-bond donors (Lipinski definition) is 3. The average Bonchev–Trinajstić information content (AvgIpc) is 3.83. The molecule has 12 nitrogen and oxygen atoms in total. The van der Waals surface area contributed by atoms with Crippen LogP contribution in [0.3, 0.4) is 0 Å². The van der Waals surface area contributed by atoms with Gasteiger partial charge in [0.15, 0.2) is 0 Å². The Morgan fingerprint density at radius 2 is 1.88 bits per heavy atom. The molecule has 0 radical (unpaired) electrons. The Labute approximate surface area is 293 Å². The van der Waals surface area contributed by atoms with Gasteiger partial charge in [0.25, 0.3) is 11.5 Å². The van der Waals surface area contributed by atoms with Gasteiger partial charge in [-0.1, -0.05) is 41.9 Å². The first-order chi connectivity index (χ1) is 24.0. The molecule has 2 aromatic heterocycles. The molecule has 2 aromatic carbocycles. The Hall–Kier alpha value is -4.78. The van der Waals surface area contributed by atoms with Crippen molar-refractivity contribution in [2.75, 3.05) is 32.1 Å². The number of rotatable bonds is 8. The smallest absolute Gasteiger partial charge is 0.330 e. The molecule has 260 valence electrons. The van der Waals surface area contributed by atoms with E-state index in [0.717, 1.165) is 75.7 Å². The molecule has 3 aliphatic rings. The van der Waals surface area contributed by atoms with Gasteiger partial charge >= 0.3 is 5.69 Å². The van der Waals surface area contributed by atoms with E-state index in [-0.39, 0.29) is 36.2 Å². The van der Waals surface area contributed by atoms with Crippen LogP contribution in [0.1, 0.15) is 58.8 Å². The van der Waals surface area contributed by atoms with Gasteiger partial charge < -0.3 is 20.5 Å². The van der Waals surface area contributed by atoms with E-state index in [2.05, 4.69) is 21.6 Å². The number of methoxy groups -OCH3 is 1. The largest absolute Gasteiger partial charge is 0.481 e. The number of hydrogen-bond acceptors (Lipinski definition) is 8. The maximum atomic E-state index is 13.3. The first-order valence-corrected chi connectivity index (χ1v) is 17.2. The van der Waals surface area contributed by atoms with E-state index in [1.807, 2.05) is 31.2 Å². The molecule has 2 atom stereocenters. The molecule has 2 fully saturated rings. The number of benzene rings is 2. The number of fused-ring (bicyclic) bond motifs is 1. The minimum Gasteiger partial charge on any atom is -0.481 e. The molecule has 0 saturated carbocycles. The molecule has 4 aromatic rings. The zero-order valence-corrected chi connectivity index (χ0v) is 29.0. The van der Waals surface area contributed by atoms with Crippen LogP contribution in [-0.2, 0) is 24.8 Å². The lowest BCUT2D eigenvalue weighted by atomic mass is 9.96. The van der Waals surface area contributed by atoms with Crippen molar-refractivity contribution in [1.29, 1.82) is 0 Å². The van der Waals surface area contributed by atoms with Crippen molar-refractivity contribution in [2.24, 2.45) is 7.05 Å². The van der Waals surface area contributed by atoms with Gasteiger partial charge in [-0.2, -0.15) is 0 Å². The number of anilines is 1. The molecule has 2 amide bonds. The van der Waals surface area contributed by atoms with Crippen LogP contribution in [0, 0.1) is 6.92 Å².